The van der Waals surface area contributed by atoms with Crippen LogP contribution in [0.25, 0.3) is 0 Å². The number of anilines is 2. The molecule has 20 heavy (non-hydrogen) atoms. The lowest BCUT2D eigenvalue weighted by Crippen LogP contribution is -2.26. The second kappa shape index (κ2) is 5.45. The number of fused-ring (bicyclic) bond motifs is 1. The van der Waals surface area contributed by atoms with Crippen molar-refractivity contribution in [1.82, 2.24) is 0 Å². The smallest absolute Gasteiger partial charge is 0.147 e. The Morgan fingerprint density at radius 1 is 1.25 bits per heavy atom. The molecule has 0 bridgehead atoms. The SMILES string of the molecule is Cc1ccc2c(c1)CCCN2c1c(F)cccc1CCl. The lowest BCUT2D eigenvalue weighted by atomic mass is 9.98. The van der Waals surface area contributed by atoms with Crippen molar-refractivity contribution in [2.24, 2.45) is 0 Å². The third-order valence-electron chi connectivity index (χ3n) is 3.84. The fraction of sp³-hybridized carbons (Fsp3) is 0.294. The quantitative estimate of drug-likeness (QED) is 0.707. The molecule has 2 aromatic carbocycles. The van der Waals surface area contributed by atoms with Gasteiger partial charge in [0.1, 0.15) is 5.82 Å². The molecule has 0 amide bonds. The molecule has 1 heterocycles. The van der Waals surface area contributed by atoms with Gasteiger partial charge >= 0.3 is 0 Å². The molecule has 0 aliphatic carbocycles. The Morgan fingerprint density at radius 2 is 2.10 bits per heavy atom. The first-order valence-corrected chi connectivity index (χ1v) is 7.44. The maximum absolute atomic E-state index is 14.3. The predicted molar refractivity (Wildman–Crippen MR) is 82.5 cm³/mol. The highest BCUT2D eigenvalue weighted by Crippen LogP contribution is 2.37. The maximum Gasteiger partial charge on any atom is 0.147 e. The van der Waals surface area contributed by atoms with E-state index in [-0.39, 0.29) is 5.82 Å². The molecule has 0 fully saturated rings. The summed E-state index contributed by atoms with van der Waals surface area (Å²) in [4.78, 5) is 2.07. The van der Waals surface area contributed by atoms with Gasteiger partial charge in [-0.25, -0.2) is 4.39 Å². The Balaban J connectivity index is 2.14. The molecule has 0 saturated carbocycles. The number of aryl methyl sites for hydroxylation is 2. The number of hydrogen-bond donors (Lipinski definition) is 0. The van der Waals surface area contributed by atoms with Gasteiger partial charge in [0.25, 0.3) is 0 Å². The van der Waals surface area contributed by atoms with E-state index in [1.165, 1.54) is 17.2 Å². The minimum atomic E-state index is -0.198. The van der Waals surface area contributed by atoms with Crippen molar-refractivity contribution >= 4 is 23.0 Å². The molecule has 1 aliphatic heterocycles. The number of benzene rings is 2. The average Bonchev–Trinajstić information content (AvgIpc) is 2.46. The van der Waals surface area contributed by atoms with Crippen LogP contribution < -0.4 is 4.90 Å². The van der Waals surface area contributed by atoms with Crippen molar-refractivity contribution in [2.45, 2.75) is 25.6 Å². The molecule has 3 heteroatoms. The summed E-state index contributed by atoms with van der Waals surface area (Å²) in [6, 6.07) is 11.5. The van der Waals surface area contributed by atoms with Crippen LogP contribution in [0.3, 0.4) is 0 Å². The lowest BCUT2D eigenvalue weighted by Gasteiger charge is -2.33. The first kappa shape index (κ1) is 13.4. The van der Waals surface area contributed by atoms with E-state index in [0.29, 0.717) is 11.6 Å². The summed E-state index contributed by atoms with van der Waals surface area (Å²) in [5, 5.41) is 0. The first-order valence-electron chi connectivity index (χ1n) is 6.91. The molecular formula is C17H17ClFN. The number of rotatable bonds is 2. The number of para-hydroxylation sites is 1. The molecule has 0 radical (unpaired) electrons. The zero-order valence-electron chi connectivity index (χ0n) is 11.5. The van der Waals surface area contributed by atoms with E-state index in [2.05, 4.69) is 30.0 Å². The van der Waals surface area contributed by atoms with Gasteiger partial charge in [-0.15, -0.1) is 11.6 Å². The standard InChI is InChI=1S/C17H17ClFN/c1-12-7-8-16-13(10-12)5-3-9-20(16)17-14(11-18)4-2-6-15(17)19/h2,4,6-8,10H,3,5,9,11H2,1H3. The van der Waals surface area contributed by atoms with Gasteiger partial charge in [-0.1, -0.05) is 29.8 Å². The van der Waals surface area contributed by atoms with Crippen molar-refractivity contribution in [3.05, 3.63) is 58.9 Å². The zero-order chi connectivity index (χ0) is 14.1. The second-order valence-corrected chi connectivity index (χ2v) is 5.54. The van der Waals surface area contributed by atoms with E-state index in [0.717, 1.165) is 30.6 Å². The molecule has 1 aliphatic rings. The fourth-order valence-corrected chi connectivity index (χ4v) is 3.14. The van der Waals surface area contributed by atoms with Crippen molar-refractivity contribution in [3.63, 3.8) is 0 Å². The van der Waals surface area contributed by atoms with Crippen LogP contribution in [-0.2, 0) is 12.3 Å². The van der Waals surface area contributed by atoms with Gasteiger partial charge in [0.05, 0.1) is 5.69 Å². The van der Waals surface area contributed by atoms with Gasteiger partial charge < -0.3 is 4.90 Å². The molecule has 0 aromatic heterocycles. The Kier molecular flexibility index (Phi) is 3.66. The van der Waals surface area contributed by atoms with E-state index in [9.17, 15) is 4.39 Å². The number of nitrogens with zero attached hydrogens (tertiary/aromatic N) is 1. The predicted octanol–water partition coefficient (Wildman–Crippen LogP) is 4.96. The van der Waals surface area contributed by atoms with Crippen molar-refractivity contribution < 1.29 is 4.39 Å². The summed E-state index contributed by atoms with van der Waals surface area (Å²) in [6.07, 6.45) is 2.09. The average molecular weight is 290 g/mol. The number of hydrogen-bond acceptors (Lipinski definition) is 1. The monoisotopic (exact) mass is 289 g/mol. The van der Waals surface area contributed by atoms with Crippen LogP contribution in [0.5, 0.6) is 0 Å². The fourth-order valence-electron chi connectivity index (χ4n) is 2.93. The third kappa shape index (κ3) is 2.29. The Bertz CT molecular complexity index is 639. The largest absolute Gasteiger partial charge is 0.339 e. The molecule has 0 saturated heterocycles. The van der Waals surface area contributed by atoms with Crippen LogP contribution in [0.15, 0.2) is 36.4 Å². The van der Waals surface area contributed by atoms with E-state index >= 15 is 0 Å². The van der Waals surface area contributed by atoms with Gasteiger partial charge in [-0.05, 0) is 43.0 Å². The van der Waals surface area contributed by atoms with Gasteiger partial charge in [0.2, 0.25) is 0 Å². The van der Waals surface area contributed by atoms with E-state index < -0.39 is 0 Å². The summed E-state index contributed by atoms with van der Waals surface area (Å²) in [5.74, 6) is 0.127. The Hall–Kier alpha value is -1.54. The third-order valence-corrected chi connectivity index (χ3v) is 4.13. The maximum atomic E-state index is 14.3. The summed E-state index contributed by atoms with van der Waals surface area (Å²) >= 11 is 5.98. The van der Waals surface area contributed by atoms with E-state index in [4.69, 9.17) is 11.6 Å². The van der Waals surface area contributed by atoms with Gasteiger partial charge in [0.15, 0.2) is 0 Å². The normalized spacial score (nSPS) is 14.2. The molecule has 2 aromatic rings. The highest BCUT2D eigenvalue weighted by atomic mass is 35.5. The highest BCUT2D eigenvalue weighted by molar-refractivity contribution is 6.17. The summed E-state index contributed by atoms with van der Waals surface area (Å²) in [6.45, 7) is 2.92. The Labute approximate surface area is 124 Å². The van der Waals surface area contributed by atoms with Crippen LogP contribution >= 0.6 is 11.6 Å². The van der Waals surface area contributed by atoms with Crippen molar-refractivity contribution in [1.29, 1.82) is 0 Å². The van der Waals surface area contributed by atoms with Crippen molar-refractivity contribution in [2.75, 3.05) is 11.4 Å². The molecule has 0 spiro atoms. The van der Waals surface area contributed by atoms with Crippen LogP contribution in [0, 0.1) is 12.7 Å². The molecule has 104 valence electrons. The topological polar surface area (TPSA) is 3.24 Å². The van der Waals surface area contributed by atoms with Crippen LogP contribution in [0.4, 0.5) is 15.8 Å². The molecule has 3 rings (SSSR count). The van der Waals surface area contributed by atoms with Crippen LogP contribution in [0.1, 0.15) is 23.1 Å². The molecule has 0 unspecified atom stereocenters. The van der Waals surface area contributed by atoms with Crippen LogP contribution in [0.2, 0.25) is 0 Å². The summed E-state index contributed by atoms with van der Waals surface area (Å²) in [7, 11) is 0. The second-order valence-electron chi connectivity index (χ2n) is 5.27. The molecule has 0 N–H and O–H groups in total. The number of alkyl halides is 1. The first-order chi connectivity index (χ1) is 9.70. The Morgan fingerprint density at radius 3 is 2.90 bits per heavy atom. The summed E-state index contributed by atoms with van der Waals surface area (Å²) in [5.41, 5.74) is 5.13. The molecule has 0 atom stereocenters. The molecule has 1 nitrogen and oxygen atoms in total. The van der Waals surface area contributed by atoms with Gasteiger partial charge in [-0.3, -0.25) is 0 Å². The lowest BCUT2D eigenvalue weighted by molar-refractivity contribution is 0.619. The minimum Gasteiger partial charge on any atom is -0.339 e. The van der Waals surface area contributed by atoms with Gasteiger partial charge in [-0.2, -0.15) is 0 Å². The number of halogens is 2. The highest BCUT2D eigenvalue weighted by Gasteiger charge is 2.22. The van der Waals surface area contributed by atoms with E-state index in [1.54, 1.807) is 6.07 Å². The molecular weight excluding hydrogens is 273 g/mol. The summed E-state index contributed by atoms with van der Waals surface area (Å²) < 4.78 is 14.3. The van der Waals surface area contributed by atoms with Crippen LogP contribution in [-0.4, -0.2) is 6.54 Å². The van der Waals surface area contributed by atoms with Gasteiger partial charge in [0, 0.05) is 18.1 Å². The van der Waals surface area contributed by atoms with E-state index in [1.807, 2.05) is 6.07 Å². The minimum absolute atomic E-state index is 0.198. The zero-order valence-corrected chi connectivity index (χ0v) is 12.3. The van der Waals surface area contributed by atoms with Crippen molar-refractivity contribution in [3.8, 4) is 0 Å².